The number of likely N-dealkylation sites (tertiary alicyclic amines) is 2. The number of carbonyl (C=O) groups excluding carboxylic acids is 1. The first kappa shape index (κ1) is 24.4. The summed E-state index contributed by atoms with van der Waals surface area (Å²) in [6, 6.07) is 18.5. The third kappa shape index (κ3) is 4.94. The van der Waals surface area contributed by atoms with Gasteiger partial charge < -0.3 is 24.6 Å². The Kier molecular flexibility index (Phi) is 6.58. The largest absolute Gasteiger partial charge is 0.454 e. The molecular weight excluding hydrogens is 508 g/mol. The van der Waals surface area contributed by atoms with Gasteiger partial charge in [0.05, 0.1) is 17.6 Å². The van der Waals surface area contributed by atoms with Crippen LogP contribution in [0.3, 0.4) is 0 Å². The van der Waals surface area contributed by atoms with Crippen LogP contribution >= 0.6 is 11.3 Å². The van der Waals surface area contributed by atoms with Crippen LogP contribution in [0, 0.1) is 0 Å². The molecule has 0 saturated carbocycles. The van der Waals surface area contributed by atoms with Crippen LogP contribution in [0.5, 0.6) is 11.5 Å². The zero-order chi connectivity index (χ0) is 26.2. The van der Waals surface area contributed by atoms with E-state index in [0.717, 1.165) is 78.4 Å². The van der Waals surface area contributed by atoms with Crippen LogP contribution < -0.4 is 14.8 Å². The summed E-state index contributed by atoms with van der Waals surface area (Å²) in [6.07, 6.45) is 4.64. The summed E-state index contributed by atoms with van der Waals surface area (Å²) in [5.74, 6) is 2.34. The quantitative estimate of drug-likeness (QED) is 0.310. The van der Waals surface area contributed by atoms with E-state index in [4.69, 9.17) is 14.5 Å². The van der Waals surface area contributed by atoms with Crippen LogP contribution in [-0.4, -0.2) is 59.7 Å². The van der Waals surface area contributed by atoms with Crippen molar-refractivity contribution in [3.8, 4) is 22.6 Å². The second kappa shape index (κ2) is 10.5. The fourth-order valence-electron chi connectivity index (χ4n) is 6.05. The van der Waals surface area contributed by atoms with Gasteiger partial charge in [-0.15, -0.1) is 11.3 Å². The first-order valence-corrected chi connectivity index (χ1v) is 14.7. The molecule has 200 valence electrons. The molecule has 0 radical (unpaired) electrons. The van der Waals surface area contributed by atoms with Gasteiger partial charge in [-0.1, -0.05) is 18.2 Å². The zero-order valence-corrected chi connectivity index (χ0v) is 22.7. The number of thiophene rings is 1. The molecule has 3 aliphatic heterocycles. The lowest BCUT2D eigenvalue weighted by Gasteiger charge is -2.29. The topological polar surface area (TPSA) is 66.9 Å². The smallest absolute Gasteiger partial charge is 0.254 e. The number of ether oxygens (including phenoxy) is 2. The van der Waals surface area contributed by atoms with E-state index in [1.165, 1.54) is 17.7 Å². The van der Waals surface area contributed by atoms with Crippen LogP contribution in [0.2, 0.25) is 0 Å². The average molecular weight is 541 g/mol. The lowest BCUT2D eigenvalue weighted by Crippen LogP contribution is -2.42. The zero-order valence-electron chi connectivity index (χ0n) is 21.9. The second-order valence-electron chi connectivity index (χ2n) is 10.6. The molecule has 3 aliphatic rings. The Morgan fingerprint density at radius 2 is 1.82 bits per heavy atom. The number of aromatic nitrogens is 1. The maximum atomic E-state index is 14.2. The third-order valence-electron chi connectivity index (χ3n) is 8.07. The fraction of sp³-hybridized carbons (Fsp3) is 0.355. The van der Waals surface area contributed by atoms with Crippen LogP contribution in [0.25, 0.3) is 22.0 Å². The Hall–Kier alpha value is -3.62. The van der Waals surface area contributed by atoms with Gasteiger partial charge in [0, 0.05) is 29.4 Å². The maximum Gasteiger partial charge on any atom is 0.254 e. The van der Waals surface area contributed by atoms with Gasteiger partial charge in [0.25, 0.3) is 5.91 Å². The van der Waals surface area contributed by atoms with Crippen molar-refractivity contribution in [3.63, 3.8) is 0 Å². The fourth-order valence-corrected chi connectivity index (χ4v) is 6.70. The number of carbonyl (C=O) groups is 1. The van der Waals surface area contributed by atoms with Crippen LogP contribution in [-0.2, 0) is 6.54 Å². The van der Waals surface area contributed by atoms with Gasteiger partial charge in [-0.3, -0.25) is 4.79 Å². The molecule has 1 amide bonds. The van der Waals surface area contributed by atoms with E-state index in [9.17, 15) is 4.79 Å². The number of anilines is 1. The van der Waals surface area contributed by atoms with Crippen molar-refractivity contribution in [1.82, 2.24) is 14.8 Å². The summed E-state index contributed by atoms with van der Waals surface area (Å²) < 4.78 is 11.1. The van der Waals surface area contributed by atoms with Crippen LogP contribution in [0.1, 0.15) is 40.9 Å². The number of amides is 1. The number of hydrogen-bond acceptors (Lipinski definition) is 7. The summed E-state index contributed by atoms with van der Waals surface area (Å²) >= 11 is 1.71. The number of pyridine rings is 1. The molecular formula is C31H32N4O3S. The van der Waals surface area contributed by atoms with Crippen molar-refractivity contribution in [3.05, 3.63) is 70.4 Å². The third-order valence-corrected chi connectivity index (χ3v) is 8.95. The van der Waals surface area contributed by atoms with Crippen LogP contribution in [0.15, 0.2) is 60.0 Å². The Balaban J connectivity index is 1.25. The lowest BCUT2D eigenvalue weighted by molar-refractivity contribution is 0.0710. The minimum atomic E-state index is 0.103. The predicted octanol–water partition coefficient (Wildman–Crippen LogP) is 6.00. The molecule has 2 saturated heterocycles. The molecule has 39 heavy (non-hydrogen) atoms. The standard InChI is InChI=1S/C31H32N4O3S/c36-31(35-13-3-5-23(35)19-34-11-1-2-12-34)26-17-30(32-18-24-6-4-14-39-24)33-27-9-7-21(15-25(26)27)22-8-10-28-29(16-22)38-20-37-28/h4,6-10,14-17,23H,1-3,5,11-13,18-20H2,(H,32,33)/t23-/m0/s1. The summed E-state index contributed by atoms with van der Waals surface area (Å²) in [7, 11) is 0. The van der Waals surface area contributed by atoms with Crippen molar-refractivity contribution in [2.24, 2.45) is 0 Å². The molecule has 7 rings (SSSR count). The molecule has 0 spiro atoms. The van der Waals surface area contributed by atoms with E-state index < -0.39 is 0 Å². The van der Waals surface area contributed by atoms with Gasteiger partial charge in [-0.05, 0) is 91.7 Å². The van der Waals surface area contributed by atoms with Gasteiger partial charge in [0.1, 0.15) is 5.82 Å². The van der Waals surface area contributed by atoms with Gasteiger partial charge >= 0.3 is 0 Å². The minimum Gasteiger partial charge on any atom is -0.454 e. The molecule has 0 aliphatic carbocycles. The normalized spacial score (nSPS) is 18.8. The number of nitrogens with zero attached hydrogens (tertiary/aromatic N) is 3. The average Bonchev–Trinajstić information content (AvgIpc) is 3.79. The maximum absolute atomic E-state index is 14.2. The predicted molar refractivity (Wildman–Crippen MR) is 155 cm³/mol. The number of rotatable bonds is 7. The highest BCUT2D eigenvalue weighted by Crippen LogP contribution is 2.37. The van der Waals surface area contributed by atoms with Crippen molar-refractivity contribution in [1.29, 1.82) is 0 Å². The monoisotopic (exact) mass is 540 g/mol. The summed E-state index contributed by atoms with van der Waals surface area (Å²) in [5, 5.41) is 6.41. The molecule has 5 heterocycles. The van der Waals surface area contributed by atoms with Crippen molar-refractivity contribution < 1.29 is 14.3 Å². The SMILES string of the molecule is O=C(c1cc(NCc2cccs2)nc2ccc(-c3ccc4c(c3)OCO4)cc12)N1CCC[C@H]1CN1CCCC1. The Morgan fingerprint density at radius 3 is 2.69 bits per heavy atom. The highest BCUT2D eigenvalue weighted by Gasteiger charge is 2.32. The van der Waals surface area contributed by atoms with Gasteiger partial charge in [-0.2, -0.15) is 0 Å². The van der Waals surface area contributed by atoms with Gasteiger partial charge in [0.2, 0.25) is 6.79 Å². The number of hydrogen-bond donors (Lipinski definition) is 1. The number of fused-ring (bicyclic) bond motifs is 2. The molecule has 2 aromatic carbocycles. The van der Waals surface area contributed by atoms with E-state index >= 15 is 0 Å². The van der Waals surface area contributed by atoms with Gasteiger partial charge in [-0.25, -0.2) is 4.98 Å². The first-order chi connectivity index (χ1) is 19.2. The number of nitrogens with one attached hydrogen (secondary N) is 1. The Morgan fingerprint density at radius 1 is 0.974 bits per heavy atom. The molecule has 1 N–H and O–H groups in total. The molecule has 2 aromatic heterocycles. The first-order valence-electron chi connectivity index (χ1n) is 13.9. The van der Waals surface area contributed by atoms with E-state index in [1.54, 1.807) is 11.3 Å². The molecule has 0 unspecified atom stereocenters. The summed E-state index contributed by atoms with van der Waals surface area (Å²) in [5.41, 5.74) is 3.57. The van der Waals surface area contributed by atoms with Crippen molar-refractivity contribution in [2.75, 3.05) is 38.3 Å². The molecule has 1 atom stereocenters. The highest BCUT2D eigenvalue weighted by atomic mass is 32.1. The highest BCUT2D eigenvalue weighted by molar-refractivity contribution is 7.09. The van der Waals surface area contributed by atoms with Crippen LogP contribution in [0.4, 0.5) is 5.82 Å². The molecule has 7 nitrogen and oxygen atoms in total. The Bertz CT molecular complexity index is 1500. The summed E-state index contributed by atoms with van der Waals surface area (Å²) in [4.78, 5) is 25.0. The molecule has 4 aromatic rings. The van der Waals surface area contributed by atoms with E-state index in [0.29, 0.717) is 12.1 Å². The molecule has 8 heteroatoms. The van der Waals surface area contributed by atoms with Crippen molar-refractivity contribution in [2.45, 2.75) is 38.3 Å². The van der Waals surface area contributed by atoms with Gasteiger partial charge in [0.15, 0.2) is 11.5 Å². The lowest BCUT2D eigenvalue weighted by atomic mass is 9.99. The van der Waals surface area contributed by atoms with E-state index in [1.807, 2.05) is 30.3 Å². The second-order valence-corrected chi connectivity index (χ2v) is 11.6. The summed E-state index contributed by atoms with van der Waals surface area (Å²) in [6.45, 7) is 5.00. The molecule has 2 fully saturated rings. The van der Waals surface area contributed by atoms with E-state index in [2.05, 4.69) is 44.8 Å². The van der Waals surface area contributed by atoms with Crippen molar-refractivity contribution >= 4 is 34.0 Å². The van der Waals surface area contributed by atoms with E-state index in [-0.39, 0.29) is 18.7 Å². The Labute approximate surface area is 232 Å². The minimum absolute atomic E-state index is 0.103. The molecule has 0 bridgehead atoms. The number of benzene rings is 2.